The quantitative estimate of drug-likeness (QED) is 0.550. The Morgan fingerprint density at radius 2 is 1.82 bits per heavy atom. The molecule has 1 aliphatic rings. The highest BCUT2D eigenvalue weighted by molar-refractivity contribution is 7.82. The molecule has 66 valence electrons. The second-order valence-corrected chi connectivity index (χ2v) is 2.81. The van der Waals surface area contributed by atoms with E-state index >= 15 is 0 Å². The first-order chi connectivity index (χ1) is 5.12. The Morgan fingerprint density at radius 3 is 1.91 bits per heavy atom. The minimum Gasteiger partial charge on any atom is -0.392 e. The predicted octanol–water partition coefficient (Wildman–Crippen LogP) is -0.557. The van der Waals surface area contributed by atoms with E-state index in [0.29, 0.717) is 0 Å². The van der Waals surface area contributed by atoms with Crippen LogP contribution in [0.25, 0.3) is 0 Å². The van der Waals surface area contributed by atoms with Gasteiger partial charge in [0.15, 0.2) is 0 Å². The van der Waals surface area contributed by atoms with Gasteiger partial charge >= 0.3 is 10.4 Å². The topological polar surface area (TPSA) is 72.8 Å². The molecule has 0 saturated carbocycles. The van der Waals surface area contributed by atoms with E-state index in [1.807, 2.05) is 0 Å². The first-order valence-corrected chi connectivity index (χ1v) is 4.21. The number of aliphatic hydroxyl groups is 1. The molecule has 6 heteroatoms. The van der Waals surface area contributed by atoms with Gasteiger partial charge in [-0.15, -0.1) is 6.58 Å². The third-order valence-electron chi connectivity index (χ3n) is 0.668. The lowest BCUT2D eigenvalue weighted by molar-refractivity contribution is 0.343. The van der Waals surface area contributed by atoms with E-state index in [2.05, 4.69) is 14.9 Å². The molecule has 1 fully saturated rings. The Morgan fingerprint density at radius 1 is 1.45 bits per heavy atom. The fraction of sp³-hybridized carbons (Fsp3) is 0.600. The van der Waals surface area contributed by atoms with E-state index in [-0.39, 0.29) is 19.8 Å². The van der Waals surface area contributed by atoms with Gasteiger partial charge in [-0.25, -0.2) is 8.37 Å². The van der Waals surface area contributed by atoms with Crippen LogP contribution >= 0.6 is 0 Å². The molecular formula is C5H10O5S. The second kappa shape index (κ2) is 5.25. The first-order valence-electron chi connectivity index (χ1n) is 2.88. The Labute approximate surface area is 65.6 Å². The van der Waals surface area contributed by atoms with Gasteiger partial charge in [-0.05, 0) is 0 Å². The van der Waals surface area contributed by atoms with Gasteiger partial charge in [0.25, 0.3) is 0 Å². The number of rotatable bonds is 1. The highest BCUT2D eigenvalue weighted by Gasteiger charge is 2.17. The number of hydrogen-bond donors (Lipinski definition) is 1. The fourth-order valence-electron chi connectivity index (χ4n) is 0.306. The van der Waals surface area contributed by atoms with Gasteiger partial charge in [-0.3, -0.25) is 0 Å². The standard InChI is InChI=1S/C3H6O.C2H4O4S/c1-2-3-4;3-7(4)5-1-2-6-7/h2,4H,1,3H2;1-2H2. The van der Waals surface area contributed by atoms with Crippen LogP contribution in [0.4, 0.5) is 0 Å². The molecule has 1 N–H and O–H groups in total. The van der Waals surface area contributed by atoms with E-state index in [4.69, 9.17) is 5.11 Å². The van der Waals surface area contributed by atoms with Crippen molar-refractivity contribution in [3.63, 3.8) is 0 Å². The lowest BCUT2D eigenvalue weighted by Crippen LogP contribution is -1.94. The van der Waals surface area contributed by atoms with Gasteiger partial charge in [0, 0.05) is 0 Å². The van der Waals surface area contributed by atoms with Crippen molar-refractivity contribution >= 4 is 10.4 Å². The lowest BCUT2D eigenvalue weighted by atomic mass is 10.7. The molecular weight excluding hydrogens is 172 g/mol. The summed E-state index contributed by atoms with van der Waals surface area (Å²) < 4.78 is 28.2. The van der Waals surface area contributed by atoms with Crippen LogP contribution in [0.3, 0.4) is 0 Å². The van der Waals surface area contributed by atoms with Crippen LogP contribution in [0.2, 0.25) is 0 Å². The minimum atomic E-state index is -3.55. The van der Waals surface area contributed by atoms with E-state index in [1.165, 1.54) is 6.08 Å². The summed E-state index contributed by atoms with van der Waals surface area (Å²) in [4.78, 5) is 0. The van der Waals surface area contributed by atoms with Gasteiger partial charge in [0.1, 0.15) is 0 Å². The summed E-state index contributed by atoms with van der Waals surface area (Å²) in [6, 6.07) is 0. The molecule has 1 heterocycles. The maximum absolute atomic E-state index is 9.99. The zero-order chi connectivity index (χ0) is 8.74. The Hall–Kier alpha value is -0.430. The molecule has 1 rings (SSSR count). The zero-order valence-corrected chi connectivity index (χ0v) is 6.71. The van der Waals surface area contributed by atoms with Crippen molar-refractivity contribution in [2.24, 2.45) is 0 Å². The normalized spacial score (nSPS) is 20.1. The first kappa shape index (κ1) is 10.6. The predicted molar refractivity (Wildman–Crippen MR) is 38.1 cm³/mol. The van der Waals surface area contributed by atoms with Gasteiger partial charge < -0.3 is 5.11 Å². The Bertz CT molecular complexity index is 183. The Kier molecular flexibility index (Phi) is 5.05. The van der Waals surface area contributed by atoms with Crippen LogP contribution in [0.5, 0.6) is 0 Å². The summed E-state index contributed by atoms with van der Waals surface area (Å²) in [5.41, 5.74) is 0. The highest BCUT2D eigenvalue weighted by Crippen LogP contribution is 2.02. The van der Waals surface area contributed by atoms with Gasteiger partial charge in [-0.1, -0.05) is 6.08 Å². The molecule has 0 aliphatic carbocycles. The van der Waals surface area contributed by atoms with Crippen molar-refractivity contribution in [1.29, 1.82) is 0 Å². The summed E-state index contributed by atoms with van der Waals surface area (Å²) in [5.74, 6) is 0. The molecule has 11 heavy (non-hydrogen) atoms. The molecule has 0 unspecified atom stereocenters. The third-order valence-corrected chi connectivity index (χ3v) is 1.58. The molecule has 5 nitrogen and oxygen atoms in total. The van der Waals surface area contributed by atoms with Crippen LogP contribution in [0.15, 0.2) is 12.7 Å². The second-order valence-electron chi connectivity index (χ2n) is 1.52. The van der Waals surface area contributed by atoms with Gasteiger partial charge in [-0.2, -0.15) is 8.42 Å². The van der Waals surface area contributed by atoms with Crippen molar-refractivity contribution in [3.05, 3.63) is 12.7 Å². The summed E-state index contributed by atoms with van der Waals surface area (Å²) in [5, 5.41) is 7.76. The van der Waals surface area contributed by atoms with Crippen LogP contribution in [-0.2, 0) is 18.8 Å². The summed E-state index contributed by atoms with van der Waals surface area (Å²) in [6.45, 7) is 3.62. The molecule has 1 saturated heterocycles. The number of hydrogen-bond acceptors (Lipinski definition) is 5. The van der Waals surface area contributed by atoms with Crippen LogP contribution in [0.1, 0.15) is 0 Å². The number of aliphatic hydroxyl groups excluding tert-OH is 1. The van der Waals surface area contributed by atoms with E-state index < -0.39 is 10.4 Å². The summed E-state index contributed by atoms with van der Waals surface area (Å²) in [7, 11) is -3.55. The summed E-state index contributed by atoms with van der Waals surface area (Å²) >= 11 is 0. The Balaban J connectivity index is 0.000000218. The van der Waals surface area contributed by atoms with Gasteiger partial charge in [0.2, 0.25) is 0 Å². The molecule has 0 radical (unpaired) electrons. The molecule has 0 aromatic rings. The zero-order valence-electron chi connectivity index (χ0n) is 5.89. The van der Waals surface area contributed by atoms with Crippen molar-refractivity contribution < 1.29 is 21.9 Å². The average molecular weight is 182 g/mol. The minimum absolute atomic E-state index is 0.0833. The molecule has 0 aromatic carbocycles. The van der Waals surface area contributed by atoms with E-state index in [9.17, 15) is 8.42 Å². The van der Waals surface area contributed by atoms with E-state index in [0.717, 1.165) is 0 Å². The van der Waals surface area contributed by atoms with Crippen molar-refractivity contribution in [1.82, 2.24) is 0 Å². The van der Waals surface area contributed by atoms with Crippen molar-refractivity contribution in [2.75, 3.05) is 19.8 Å². The molecule has 0 atom stereocenters. The average Bonchev–Trinajstić information content (AvgIpc) is 2.35. The van der Waals surface area contributed by atoms with Crippen LogP contribution in [0, 0.1) is 0 Å². The largest absolute Gasteiger partial charge is 0.400 e. The van der Waals surface area contributed by atoms with Crippen molar-refractivity contribution in [3.8, 4) is 0 Å². The van der Waals surface area contributed by atoms with Crippen LogP contribution < -0.4 is 0 Å². The monoisotopic (exact) mass is 182 g/mol. The molecule has 0 aromatic heterocycles. The maximum atomic E-state index is 9.99. The maximum Gasteiger partial charge on any atom is 0.400 e. The highest BCUT2D eigenvalue weighted by atomic mass is 32.3. The van der Waals surface area contributed by atoms with Gasteiger partial charge in [0.05, 0.1) is 19.8 Å². The van der Waals surface area contributed by atoms with E-state index in [1.54, 1.807) is 0 Å². The fourth-order valence-corrected chi connectivity index (χ4v) is 0.919. The molecule has 0 bridgehead atoms. The summed E-state index contributed by atoms with van der Waals surface area (Å²) in [6.07, 6.45) is 1.43. The molecule has 0 spiro atoms. The third kappa shape index (κ3) is 5.99. The molecule has 0 amide bonds. The van der Waals surface area contributed by atoms with Crippen LogP contribution in [-0.4, -0.2) is 33.3 Å². The SMILES string of the molecule is C=CCO.O=S1(=O)OCCO1. The molecule has 1 aliphatic heterocycles. The lowest BCUT2D eigenvalue weighted by Gasteiger charge is -1.82. The smallest absolute Gasteiger partial charge is 0.392 e. The van der Waals surface area contributed by atoms with Crippen molar-refractivity contribution in [2.45, 2.75) is 0 Å².